The largest absolute Gasteiger partial charge is 0.488 e. The summed E-state index contributed by atoms with van der Waals surface area (Å²) < 4.78 is 19.0. The van der Waals surface area contributed by atoms with E-state index in [9.17, 15) is 14.3 Å². The third-order valence-electron chi connectivity index (χ3n) is 4.95. The van der Waals surface area contributed by atoms with Crippen LogP contribution in [0.5, 0.6) is 5.88 Å². The number of aryl methyl sites for hydroxylation is 1. The maximum absolute atomic E-state index is 11.9. The number of nitrogens with zero attached hydrogens (tertiary/aromatic N) is 4. The van der Waals surface area contributed by atoms with Crippen LogP contribution in [-0.2, 0) is 17.5 Å². The summed E-state index contributed by atoms with van der Waals surface area (Å²) in [6.07, 6.45) is 0. The molecule has 4 aromatic rings. The van der Waals surface area contributed by atoms with Crippen LogP contribution in [-0.4, -0.2) is 48.2 Å². The Labute approximate surface area is 186 Å². The first-order valence-corrected chi connectivity index (χ1v) is 10.9. The van der Waals surface area contributed by atoms with Crippen molar-refractivity contribution in [3.05, 3.63) is 59.8 Å². The smallest absolute Gasteiger partial charge is 0.477 e. The van der Waals surface area contributed by atoms with E-state index in [0.717, 1.165) is 22.2 Å². The molecule has 0 aliphatic carbocycles. The van der Waals surface area contributed by atoms with E-state index in [1.165, 1.54) is 7.11 Å². The van der Waals surface area contributed by atoms with Crippen molar-refractivity contribution in [2.45, 2.75) is 18.4 Å². The first-order chi connectivity index (χ1) is 15.4. The third-order valence-corrected chi connectivity index (χ3v) is 5.74. The average molecular weight is 452 g/mol. The molecule has 0 spiro atoms. The van der Waals surface area contributed by atoms with Gasteiger partial charge in [0.15, 0.2) is 5.82 Å². The maximum Gasteiger partial charge on any atom is 0.488 e. The van der Waals surface area contributed by atoms with E-state index >= 15 is 0 Å². The Morgan fingerprint density at radius 2 is 1.97 bits per heavy atom. The molecule has 2 aromatic carbocycles. The van der Waals surface area contributed by atoms with E-state index < -0.39 is 18.1 Å². The van der Waals surface area contributed by atoms with Crippen molar-refractivity contribution in [2.75, 3.05) is 12.4 Å². The highest BCUT2D eigenvalue weighted by Gasteiger charge is 2.17. The van der Waals surface area contributed by atoms with Crippen molar-refractivity contribution < 1.29 is 19.0 Å². The molecule has 0 saturated heterocycles. The molecule has 12 heteroatoms. The predicted octanol–water partition coefficient (Wildman–Crippen LogP) is 0.406. The normalized spacial score (nSPS) is 12.0. The highest BCUT2D eigenvalue weighted by atomic mass is 32.2. The van der Waals surface area contributed by atoms with Crippen LogP contribution in [0.2, 0.25) is 0 Å². The molecule has 0 aliphatic rings. The summed E-state index contributed by atoms with van der Waals surface area (Å²) in [7, 11) is -1.71. The number of anilines is 1. The zero-order chi connectivity index (χ0) is 22.8. The zero-order valence-corrected chi connectivity index (χ0v) is 18.2. The van der Waals surface area contributed by atoms with E-state index in [1.54, 1.807) is 34.9 Å². The Balaban J connectivity index is 1.72. The number of nitrogens with two attached hydrogens (primary N) is 1. The van der Waals surface area contributed by atoms with E-state index in [4.69, 9.17) is 9.88 Å². The van der Waals surface area contributed by atoms with Gasteiger partial charge in [0.05, 0.1) is 17.5 Å². The molecule has 0 fully saturated rings. The highest BCUT2D eigenvalue weighted by Crippen LogP contribution is 2.28. The molecule has 4 rings (SSSR count). The van der Waals surface area contributed by atoms with Crippen LogP contribution < -0.4 is 20.7 Å². The van der Waals surface area contributed by atoms with Crippen LogP contribution in [0.1, 0.15) is 11.3 Å². The minimum atomic E-state index is -1.63. The Morgan fingerprint density at radius 3 is 2.69 bits per heavy atom. The number of fused-ring (bicyclic) bond motifs is 1. The zero-order valence-electron chi connectivity index (χ0n) is 17.4. The second-order valence-corrected chi connectivity index (χ2v) is 8.08. The van der Waals surface area contributed by atoms with Gasteiger partial charge in [-0.25, -0.2) is 9.35 Å². The van der Waals surface area contributed by atoms with Gasteiger partial charge in [-0.3, -0.25) is 4.57 Å². The van der Waals surface area contributed by atoms with Gasteiger partial charge < -0.3 is 20.1 Å². The van der Waals surface area contributed by atoms with Crippen LogP contribution in [0.15, 0.2) is 53.4 Å². The summed E-state index contributed by atoms with van der Waals surface area (Å²) in [6, 6.07) is 14.1. The maximum atomic E-state index is 11.9. The molecule has 0 saturated carbocycles. The van der Waals surface area contributed by atoms with Gasteiger partial charge in [-0.1, -0.05) is 30.3 Å². The number of nitrogens with one attached hydrogen (secondary N) is 1. The second kappa shape index (κ2) is 9.05. The number of hydrogen-bond donors (Lipinski definition) is 4. The number of ether oxygens (including phenoxy) is 1. The van der Waals surface area contributed by atoms with Gasteiger partial charge in [-0.2, -0.15) is 4.98 Å². The molecule has 164 valence electrons. The quantitative estimate of drug-likeness (QED) is 0.295. The van der Waals surface area contributed by atoms with Crippen LogP contribution in [0.3, 0.4) is 0 Å². The fourth-order valence-corrected chi connectivity index (χ4v) is 4.07. The number of benzene rings is 2. The molecule has 0 radical (unpaired) electrons. The first-order valence-electron chi connectivity index (χ1n) is 9.64. The molecule has 0 amide bonds. The molecule has 5 N–H and O–H groups in total. The molecule has 0 aliphatic heterocycles. The topological polar surface area (TPSA) is 148 Å². The molecule has 0 bridgehead atoms. The van der Waals surface area contributed by atoms with Crippen molar-refractivity contribution in [1.82, 2.24) is 19.7 Å². The lowest BCUT2D eigenvalue weighted by molar-refractivity contribution is 0.391. The summed E-state index contributed by atoms with van der Waals surface area (Å²) in [4.78, 5) is 5.11. The van der Waals surface area contributed by atoms with Crippen LogP contribution >= 0.6 is 0 Å². The predicted molar refractivity (Wildman–Crippen MR) is 122 cm³/mol. The van der Waals surface area contributed by atoms with E-state index in [-0.39, 0.29) is 5.88 Å². The van der Waals surface area contributed by atoms with Crippen LogP contribution in [0.4, 0.5) is 5.82 Å². The van der Waals surface area contributed by atoms with Crippen molar-refractivity contribution in [1.29, 1.82) is 0 Å². The Bertz CT molecular complexity index is 1310. The van der Waals surface area contributed by atoms with Crippen LogP contribution in [0.25, 0.3) is 16.9 Å². The lowest BCUT2D eigenvalue weighted by atomic mass is 9.80. The lowest BCUT2D eigenvalue weighted by Gasteiger charge is -2.12. The van der Waals surface area contributed by atoms with Gasteiger partial charge in [0, 0.05) is 17.6 Å². The molecule has 2 heterocycles. The summed E-state index contributed by atoms with van der Waals surface area (Å²) in [6.45, 7) is 2.23. The number of hydrogen-bond acceptors (Lipinski definition) is 8. The van der Waals surface area contributed by atoms with E-state index in [2.05, 4.69) is 20.5 Å². The standard InChI is InChI=1S/C20H21BN6O4S/c1-12-9-15-16(7-4-8-17(15)32(22)30)27(12)20-24-18(19(31-2)25-26-20)23-11-13-5-3-6-14(10-13)21(28)29/h3-10,28-29H,11,22H2,1-2H3,(H,23,24,26). The minimum Gasteiger partial charge on any atom is -0.477 e. The molecular formula is C20H21BN6O4S. The van der Waals surface area contributed by atoms with Gasteiger partial charge in [0.25, 0.3) is 11.8 Å². The fraction of sp³-hybridized carbons (Fsp3) is 0.150. The fourth-order valence-electron chi connectivity index (χ4n) is 3.48. The van der Waals surface area contributed by atoms with E-state index in [1.807, 2.05) is 25.1 Å². The minimum absolute atomic E-state index is 0.213. The molecule has 1 unspecified atom stereocenters. The van der Waals surface area contributed by atoms with Gasteiger partial charge in [0.1, 0.15) is 11.0 Å². The summed E-state index contributed by atoms with van der Waals surface area (Å²) >= 11 is 0. The molecule has 1 atom stereocenters. The summed E-state index contributed by atoms with van der Waals surface area (Å²) in [5, 5.41) is 36.6. The lowest BCUT2D eigenvalue weighted by Crippen LogP contribution is -2.30. The van der Waals surface area contributed by atoms with Crippen molar-refractivity contribution in [3.63, 3.8) is 0 Å². The number of aromatic nitrogens is 4. The summed E-state index contributed by atoms with van der Waals surface area (Å²) in [5.74, 6) is 0.887. The number of rotatable bonds is 7. The average Bonchev–Trinajstić information content (AvgIpc) is 3.13. The van der Waals surface area contributed by atoms with E-state index in [0.29, 0.717) is 28.7 Å². The van der Waals surface area contributed by atoms with Crippen LogP contribution in [0, 0.1) is 6.92 Å². The molecule has 10 nitrogen and oxygen atoms in total. The third kappa shape index (κ3) is 4.21. The van der Waals surface area contributed by atoms with Gasteiger partial charge in [0.2, 0.25) is 0 Å². The van der Waals surface area contributed by atoms with Gasteiger partial charge in [-0.15, -0.1) is 10.2 Å². The Kier molecular flexibility index (Phi) is 6.19. The van der Waals surface area contributed by atoms with Gasteiger partial charge in [-0.05, 0) is 36.1 Å². The molecular weight excluding hydrogens is 431 g/mol. The monoisotopic (exact) mass is 452 g/mol. The van der Waals surface area contributed by atoms with Crippen molar-refractivity contribution in [3.8, 4) is 11.8 Å². The Morgan fingerprint density at radius 1 is 1.19 bits per heavy atom. The second-order valence-electron chi connectivity index (χ2n) is 7.05. The van der Waals surface area contributed by atoms with Gasteiger partial charge >= 0.3 is 7.12 Å². The highest BCUT2D eigenvalue weighted by molar-refractivity contribution is 7.83. The molecule has 32 heavy (non-hydrogen) atoms. The summed E-state index contributed by atoms with van der Waals surface area (Å²) in [5.41, 5.74) is 2.78. The first kappa shape index (κ1) is 21.9. The van der Waals surface area contributed by atoms with Crippen molar-refractivity contribution >= 4 is 40.3 Å². The molecule has 2 aromatic heterocycles. The number of methoxy groups -OCH3 is 1. The Hall–Kier alpha value is -3.32. The SMILES string of the molecule is COc1nnc(-n2c(C)cc3c(S(N)=O)cccc32)nc1NCc1cccc(B(O)O)c1. The van der Waals surface area contributed by atoms with Crippen molar-refractivity contribution in [2.24, 2.45) is 5.14 Å².